The number of esters is 1. The van der Waals surface area contributed by atoms with Gasteiger partial charge < -0.3 is 24.3 Å². The lowest BCUT2D eigenvalue weighted by atomic mass is 10.1. The van der Waals surface area contributed by atoms with Crippen LogP contribution in [0, 0.1) is 5.92 Å². The maximum atomic E-state index is 12.6. The van der Waals surface area contributed by atoms with E-state index < -0.39 is 12.1 Å². The van der Waals surface area contributed by atoms with Crippen LogP contribution in [0.4, 0.5) is 5.69 Å². The van der Waals surface area contributed by atoms with Gasteiger partial charge in [0.15, 0.2) is 17.6 Å². The number of carbonyl (C=O) groups is 3. The molecule has 0 aliphatic carbocycles. The Morgan fingerprint density at radius 3 is 1.91 bits per heavy atom. The fourth-order valence-corrected chi connectivity index (χ4v) is 2.94. The van der Waals surface area contributed by atoms with Crippen molar-refractivity contribution >= 4 is 23.3 Å². The first-order valence-corrected chi connectivity index (χ1v) is 10.1. The van der Waals surface area contributed by atoms with Gasteiger partial charge >= 0.3 is 5.97 Å². The second kappa shape index (κ2) is 11.2. The number of Topliss-reactive ketones (excluding diaryl/α,β-unsaturated/α-hetero) is 1. The van der Waals surface area contributed by atoms with Crippen molar-refractivity contribution in [3.05, 3.63) is 47.5 Å². The molecule has 8 nitrogen and oxygen atoms in total. The Morgan fingerprint density at radius 1 is 0.875 bits per heavy atom. The summed E-state index contributed by atoms with van der Waals surface area (Å²) < 4.78 is 21.2. The molecule has 2 rings (SSSR count). The number of methoxy groups -OCH3 is 3. The number of anilines is 1. The molecule has 172 valence electrons. The van der Waals surface area contributed by atoms with Crippen LogP contribution in [0.2, 0.25) is 0 Å². The molecule has 2 aromatic carbocycles. The number of hydrogen-bond donors (Lipinski definition) is 1. The molecule has 0 aromatic heterocycles. The Hall–Kier alpha value is -3.55. The summed E-state index contributed by atoms with van der Waals surface area (Å²) in [5, 5.41) is 2.76. The molecule has 0 saturated carbocycles. The summed E-state index contributed by atoms with van der Waals surface area (Å²) in [4.78, 5) is 36.8. The van der Waals surface area contributed by atoms with Crippen LogP contribution in [0.25, 0.3) is 0 Å². The van der Waals surface area contributed by atoms with Crippen molar-refractivity contribution in [3.63, 3.8) is 0 Å². The standard InChI is InChI=1S/C24H29NO7/c1-14(2)24(28)25-18-9-7-17(8-10-18)22(27)15(3)32-21(26)13-16-11-19(29-4)23(31-6)20(12-16)30-5/h7-12,14-15H,13H2,1-6H3,(H,25,28)/t15-/m1/s1. The van der Waals surface area contributed by atoms with Gasteiger partial charge in [0.25, 0.3) is 0 Å². The number of amides is 1. The average Bonchev–Trinajstić information content (AvgIpc) is 2.77. The van der Waals surface area contributed by atoms with Gasteiger partial charge in [0.2, 0.25) is 17.4 Å². The Bertz CT molecular complexity index is 942. The van der Waals surface area contributed by atoms with Gasteiger partial charge in [0, 0.05) is 17.2 Å². The minimum absolute atomic E-state index is 0.0749. The van der Waals surface area contributed by atoms with E-state index in [-0.39, 0.29) is 24.0 Å². The zero-order valence-electron chi connectivity index (χ0n) is 19.2. The third-order valence-electron chi connectivity index (χ3n) is 4.71. The van der Waals surface area contributed by atoms with Crippen molar-refractivity contribution in [2.45, 2.75) is 33.3 Å². The first-order chi connectivity index (χ1) is 15.2. The molecule has 0 aliphatic heterocycles. The highest BCUT2D eigenvalue weighted by Gasteiger charge is 2.21. The van der Waals surface area contributed by atoms with Gasteiger partial charge in [0.05, 0.1) is 27.8 Å². The number of benzene rings is 2. The van der Waals surface area contributed by atoms with Crippen LogP contribution in [-0.4, -0.2) is 45.1 Å². The Morgan fingerprint density at radius 2 is 1.44 bits per heavy atom. The molecular formula is C24H29NO7. The fourth-order valence-electron chi connectivity index (χ4n) is 2.94. The van der Waals surface area contributed by atoms with Crippen molar-refractivity contribution < 1.29 is 33.3 Å². The topological polar surface area (TPSA) is 100 Å². The van der Waals surface area contributed by atoms with E-state index >= 15 is 0 Å². The van der Waals surface area contributed by atoms with Crippen molar-refractivity contribution in [2.24, 2.45) is 5.92 Å². The van der Waals surface area contributed by atoms with E-state index in [4.69, 9.17) is 18.9 Å². The highest BCUT2D eigenvalue weighted by atomic mass is 16.5. The van der Waals surface area contributed by atoms with Crippen LogP contribution in [0.15, 0.2) is 36.4 Å². The van der Waals surface area contributed by atoms with Crippen LogP contribution in [-0.2, 0) is 20.7 Å². The van der Waals surface area contributed by atoms with Crippen LogP contribution in [0.3, 0.4) is 0 Å². The summed E-state index contributed by atoms with van der Waals surface area (Å²) >= 11 is 0. The molecule has 8 heteroatoms. The number of ketones is 1. The maximum Gasteiger partial charge on any atom is 0.310 e. The van der Waals surface area contributed by atoms with Gasteiger partial charge in [-0.3, -0.25) is 14.4 Å². The van der Waals surface area contributed by atoms with E-state index in [9.17, 15) is 14.4 Å². The molecule has 32 heavy (non-hydrogen) atoms. The Labute approximate surface area is 187 Å². The molecule has 0 unspecified atom stereocenters. The SMILES string of the molecule is COc1cc(CC(=O)O[C@H](C)C(=O)c2ccc(NC(=O)C(C)C)cc2)cc(OC)c1OC. The predicted molar refractivity (Wildman–Crippen MR) is 120 cm³/mol. The number of hydrogen-bond acceptors (Lipinski definition) is 7. The van der Waals surface area contributed by atoms with E-state index in [1.165, 1.54) is 28.3 Å². The summed E-state index contributed by atoms with van der Waals surface area (Å²) in [6.45, 7) is 5.10. The molecule has 0 spiro atoms. The van der Waals surface area contributed by atoms with E-state index in [1.807, 2.05) is 0 Å². The molecule has 0 saturated heterocycles. The molecule has 0 bridgehead atoms. The van der Waals surface area contributed by atoms with Crippen LogP contribution in [0.1, 0.15) is 36.7 Å². The largest absolute Gasteiger partial charge is 0.493 e. The van der Waals surface area contributed by atoms with Gasteiger partial charge in [-0.1, -0.05) is 13.8 Å². The van der Waals surface area contributed by atoms with E-state index in [0.29, 0.717) is 34.1 Å². The highest BCUT2D eigenvalue weighted by Crippen LogP contribution is 2.38. The van der Waals surface area contributed by atoms with E-state index in [0.717, 1.165) is 0 Å². The average molecular weight is 443 g/mol. The van der Waals surface area contributed by atoms with Gasteiger partial charge in [-0.25, -0.2) is 0 Å². The highest BCUT2D eigenvalue weighted by molar-refractivity contribution is 6.01. The summed E-state index contributed by atoms with van der Waals surface area (Å²) in [7, 11) is 4.46. The van der Waals surface area contributed by atoms with Gasteiger partial charge in [-0.05, 0) is 48.9 Å². The van der Waals surface area contributed by atoms with Crippen molar-refractivity contribution in [1.29, 1.82) is 0 Å². The molecular weight excluding hydrogens is 414 g/mol. The van der Waals surface area contributed by atoms with E-state index in [2.05, 4.69) is 5.32 Å². The quantitative estimate of drug-likeness (QED) is 0.442. The first kappa shape index (κ1) is 24.7. The predicted octanol–water partition coefficient (Wildman–Crippen LogP) is 3.66. The Kier molecular flexibility index (Phi) is 8.63. The zero-order chi connectivity index (χ0) is 23.8. The zero-order valence-corrected chi connectivity index (χ0v) is 19.2. The maximum absolute atomic E-state index is 12.6. The lowest BCUT2D eigenvalue weighted by molar-refractivity contribution is -0.145. The van der Waals surface area contributed by atoms with Crippen LogP contribution < -0.4 is 19.5 Å². The van der Waals surface area contributed by atoms with Gasteiger partial charge in [-0.2, -0.15) is 0 Å². The first-order valence-electron chi connectivity index (χ1n) is 10.1. The minimum atomic E-state index is -0.972. The summed E-state index contributed by atoms with van der Waals surface area (Å²) in [6, 6.07) is 9.75. The van der Waals surface area contributed by atoms with Crippen LogP contribution in [0.5, 0.6) is 17.2 Å². The van der Waals surface area contributed by atoms with Crippen molar-refractivity contribution in [3.8, 4) is 17.2 Å². The molecule has 1 atom stereocenters. The molecule has 0 heterocycles. The number of nitrogens with one attached hydrogen (secondary N) is 1. The second-order valence-electron chi connectivity index (χ2n) is 7.43. The minimum Gasteiger partial charge on any atom is -0.493 e. The summed E-state index contributed by atoms with van der Waals surface area (Å²) in [5.74, 6) is 0.0843. The summed E-state index contributed by atoms with van der Waals surface area (Å²) in [5.41, 5.74) is 1.56. The van der Waals surface area contributed by atoms with Crippen molar-refractivity contribution in [2.75, 3.05) is 26.6 Å². The molecule has 0 radical (unpaired) electrons. The fraction of sp³-hybridized carbons (Fsp3) is 0.375. The third kappa shape index (κ3) is 6.23. The lowest BCUT2D eigenvalue weighted by Crippen LogP contribution is -2.25. The van der Waals surface area contributed by atoms with Gasteiger partial charge in [-0.15, -0.1) is 0 Å². The smallest absolute Gasteiger partial charge is 0.310 e. The van der Waals surface area contributed by atoms with Gasteiger partial charge in [0.1, 0.15) is 0 Å². The summed E-state index contributed by atoms with van der Waals surface area (Å²) in [6.07, 6.45) is -1.05. The van der Waals surface area contributed by atoms with Crippen LogP contribution >= 0.6 is 0 Å². The number of carbonyl (C=O) groups excluding carboxylic acids is 3. The molecule has 2 aromatic rings. The monoisotopic (exact) mass is 443 g/mol. The second-order valence-corrected chi connectivity index (χ2v) is 7.43. The normalized spacial score (nSPS) is 11.5. The Balaban J connectivity index is 2.03. The molecule has 1 N–H and O–H groups in total. The van der Waals surface area contributed by atoms with Crippen molar-refractivity contribution in [1.82, 2.24) is 0 Å². The van der Waals surface area contributed by atoms with E-state index in [1.54, 1.807) is 50.2 Å². The number of rotatable bonds is 10. The number of ether oxygens (including phenoxy) is 4. The molecule has 0 fully saturated rings. The third-order valence-corrected chi connectivity index (χ3v) is 4.71. The molecule has 1 amide bonds. The lowest BCUT2D eigenvalue weighted by Gasteiger charge is -2.15. The molecule has 0 aliphatic rings.